The molecule has 0 unspecified atom stereocenters. The first-order valence-electron chi connectivity index (χ1n) is 6.18. The highest BCUT2D eigenvalue weighted by atomic mass is 16.5. The molecule has 1 aromatic carbocycles. The molecule has 0 radical (unpaired) electrons. The van der Waals surface area contributed by atoms with Crippen molar-refractivity contribution >= 4 is 23.4 Å². The SMILES string of the molecule is CCOC(=O)Nc1ccc(NC(=O)C2(N)CC2)cc1. The van der Waals surface area contributed by atoms with Crippen LogP contribution < -0.4 is 16.4 Å². The molecule has 0 spiro atoms. The van der Waals surface area contributed by atoms with Crippen LogP contribution in [0.1, 0.15) is 19.8 Å². The zero-order valence-corrected chi connectivity index (χ0v) is 10.7. The number of carbonyl (C=O) groups excluding carboxylic acids is 2. The van der Waals surface area contributed by atoms with E-state index in [-0.39, 0.29) is 5.91 Å². The summed E-state index contributed by atoms with van der Waals surface area (Å²) in [4.78, 5) is 22.9. The Hall–Kier alpha value is -2.08. The van der Waals surface area contributed by atoms with Gasteiger partial charge in [-0.15, -0.1) is 0 Å². The van der Waals surface area contributed by atoms with Gasteiger partial charge < -0.3 is 15.8 Å². The number of rotatable bonds is 4. The first-order valence-corrected chi connectivity index (χ1v) is 6.18. The highest BCUT2D eigenvalue weighted by Crippen LogP contribution is 2.33. The third-order valence-electron chi connectivity index (χ3n) is 2.91. The van der Waals surface area contributed by atoms with Gasteiger partial charge in [0.1, 0.15) is 0 Å². The summed E-state index contributed by atoms with van der Waals surface area (Å²) in [5.74, 6) is -0.168. The lowest BCUT2D eigenvalue weighted by Crippen LogP contribution is -2.37. The minimum absolute atomic E-state index is 0.168. The van der Waals surface area contributed by atoms with Gasteiger partial charge in [-0.3, -0.25) is 10.1 Å². The van der Waals surface area contributed by atoms with Gasteiger partial charge in [0, 0.05) is 11.4 Å². The van der Waals surface area contributed by atoms with Crippen molar-refractivity contribution in [1.29, 1.82) is 0 Å². The molecule has 4 N–H and O–H groups in total. The summed E-state index contributed by atoms with van der Waals surface area (Å²) in [7, 11) is 0. The van der Waals surface area contributed by atoms with Gasteiger partial charge in [0.05, 0.1) is 12.1 Å². The number of nitrogens with one attached hydrogen (secondary N) is 2. The normalized spacial score (nSPS) is 15.5. The fourth-order valence-electron chi connectivity index (χ4n) is 1.54. The predicted octanol–water partition coefficient (Wildman–Crippen LogP) is 1.68. The Kier molecular flexibility index (Phi) is 3.71. The first-order chi connectivity index (χ1) is 9.03. The van der Waals surface area contributed by atoms with Crippen LogP contribution in [0.3, 0.4) is 0 Å². The molecule has 19 heavy (non-hydrogen) atoms. The van der Waals surface area contributed by atoms with Crippen LogP contribution in [-0.4, -0.2) is 24.1 Å². The quantitative estimate of drug-likeness (QED) is 0.770. The van der Waals surface area contributed by atoms with E-state index in [0.29, 0.717) is 18.0 Å². The van der Waals surface area contributed by atoms with E-state index in [1.165, 1.54) is 0 Å². The van der Waals surface area contributed by atoms with Crippen molar-refractivity contribution in [3.63, 3.8) is 0 Å². The molecule has 1 fully saturated rings. The maximum absolute atomic E-state index is 11.7. The van der Waals surface area contributed by atoms with Gasteiger partial charge in [-0.1, -0.05) is 0 Å². The van der Waals surface area contributed by atoms with E-state index < -0.39 is 11.6 Å². The summed E-state index contributed by atoms with van der Waals surface area (Å²) in [5, 5.41) is 5.31. The number of amides is 2. The van der Waals surface area contributed by atoms with Crippen LogP contribution in [-0.2, 0) is 9.53 Å². The number of hydrogen-bond acceptors (Lipinski definition) is 4. The van der Waals surface area contributed by atoms with Crippen LogP contribution in [0.15, 0.2) is 24.3 Å². The zero-order valence-electron chi connectivity index (χ0n) is 10.7. The van der Waals surface area contributed by atoms with Crippen molar-refractivity contribution in [2.75, 3.05) is 17.2 Å². The lowest BCUT2D eigenvalue weighted by atomic mass is 10.2. The molecule has 0 atom stereocenters. The maximum Gasteiger partial charge on any atom is 0.411 e. The molecule has 2 amide bonds. The van der Waals surface area contributed by atoms with Gasteiger partial charge in [0.15, 0.2) is 0 Å². The van der Waals surface area contributed by atoms with E-state index in [1.54, 1.807) is 31.2 Å². The Balaban J connectivity index is 1.91. The van der Waals surface area contributed by atoms with Crippen LogP contribution >= 0.6 is 0 Å². The topological polar surface area (TPSA) is 93.5 Å². The fourth-order valence-corrected chi connectivity index (χ4v) is 1.54. The molecule has 1 aromatic rings. The third kappa shape index (κ3) is 3.45. The summed E-state index contributed by atoms with van der Waals surface area (Å²) in [6, 6.07) is 6.77. The Morgan fingerprint density at radius 2 is 1.74 bits per heavy atom. The molecule has 6 nitrogen and oxygen atoms in total. The molecule has 1 saturated carbocycles. The average Bonchev–Trinajstić information content (AvgIpc) is 3.11. The zero-order chi connectivity index (χ0) is 13.9. The van der Waals surface area contributed by atoms with Crippen molar-refractivity contribution in [3.8, 4) is 0 Å². The van der Waals surface area contributed by atoms with Crippen molar-refractivity contribution in [3.05, 3.63) is 24.3 Å². The Bertz CT molecular complexity index is 480. The molecule has 0 heterocycles. The van der Waals surface area contributed by atoms with E-state index in [1.807, 2.05) is 0 Å². The van der Waals surface area contributed by atoms with E-state index in [2.05, 4.69) is 10.6 Å². The Morgan fingerprint density at radius 1 is 1.21 bits per heavy atom. The second kappa shape index (κ2) is 5.27. The Morgan fingerprint density at radius 3 is 2.21 bits per heavy atom. The summed E-state index contributed by atoms with van der Waals surface area (Å²) in [5.41, 5.74) is 6.34. The van der Waals surface area contributed by atoms with E-state index >= 15 is 0 Å². The lowest BCUT2D eigenvalue weighted by Gasteiger charge is -2.10. The van der Waals surface area contributed by atoms with Crippen molar-refractivity contribution in [1.82, 2.24) is 0 Å². The lowest BCUT2D eigenvalue weighted by molar-refractivity contribution is -0.118. The van der Waals surface area contributed by atoms with Gasteiger partial charge in [-0.25, -0.2) is 4.79 Å². The summed E-state index contributed by atoms with van der Waals surface area (Å²) >= 11 is 0. The molecule has 0 bridgehead atoms. The van der Waals surface area contributed by atoms with Gasteiger partial charge in [-0.05, 0) is 44.0 Å². The maximum atomic E-state index is 11.7. The molecular formula is C13H17N3O3. The predicted molar refractivity (Wildman–Crippen MR) is 71.9 cm³/mol. The minimum Gasteiger partial charge on any atom is -0.450 e. The first kappa shape index (κ1) is 13.4. The highest BCUT2D eigenvalue weighted by molar-refractivity contribution is 6.00. The summed E-state index contributed by atoms with van der Waals surface area (Å²) in [6.07, 6.45) is 0.945. The Labute approximate surface area is 111 Å². The third-order valence-corrected chi connectivity index (χ3v) is 2.91. The van der Waals surface area contributed by atoms with Crippen molar-refractivity contribution < 1.29 is 14.3 Å². The number of nitrogens with two attached hydrogens (primary N) is 1. The van der Waals surface area contributed by atoms with Gasteiger partial charge >= 0.3 is 6.09 Å². The van der Waals surface area contributed by atoms with Gasteiger partial charge in [-0.2, -0.15) is 0 Å². The second-order valence-electron chi connectivity index (χ2n) is 4.53. The number of ether oxygens (including phenoxy) is 1. The number of hydrogen-bond donors (Lipinski definition) is 3. The fraction of sp³-hybridized carbons (Fsp3) is 0.385. The van der Waals surface area contributed by atoms with Crippen molar-refractivity contribution in [2.45, 2.75) is 25.3 Å². The van der Waals surface area contributed by atoms with Crippen LogP contribution in [0.2, 0.25) is 0 Å². The standard InChI is InChI=1S/C13H17N3O3/c1-2-19-12(18)16-10-5-3-9(4-6-10)15-11(17)13(14)7-8-13/h3-6H,2,7-8,14H2,1H3,(H,15,17)(H,16,18). The molecule has 1 aliphatic carbocycles. The number of benzene rings is 1. The van der Waals surface area contributed by atoms with Crippen LogP contribution in [0.4, 0.5) is 16.2 Å². The van der Waals surface area contributed by atoms with E-state index in [0.717, 1.165) is 12.8 Å². The van der Waals surface area contributed by atoms with E-state index in [4.69, 9.17) is 10.5 Å². The number of carbonyl (C=O) groups is 2. The van der Waals surface area contributed by atoms with E-state index in [9.17, 15) is 9.59 Å². The average molecular weight is 263 g/mol. The molecule has 2 rings (SSSR count). The summed E-state index contributed by atoms with van der Waals surface area (Å²) < 4.78 is 4.76. The van der Waals surface area contributed by atoms with Crippen LogP contribution in [0.25, 0.3) is 0 Å². The highest BCUT2D eigenvalue weighted by Gasteiger charge is 2.45. The molecule has 0 aromatic heterocycles. The largest absolute Gasteiger partial charge is 0.450 e. The van der Waals surface area contributed by atoms with Gasteiger partial charge in [0.2, 0.25) is 5.91 Å². The minimum atomic E-state index is -0.693. The summed E-state index contributed by atoms with van der Waals surface area (Å²) in [6.45, 7) is 2.05. The van der Waals surface area contributed by atoms with Crippen molar-refractivity contribution in [2.24, 2.45) is 5.73 Å². The molecule has 102 valence electrons. The van der Waals surface area contributed by atoms with Crippen LogP contribution in [0, 0.1) is 0 Å². The monoisotopic (exact) mass is 263 g/mol. The molecule has 0 saturated heterocycles. The molecule has 0 aliphatic heterocycles. The van der Waals surface area contributed by atoms with Gasteiger partial charge in [0.25, 0.3) is 0 Å². The molecular weight excluding hydrogens is 246 g/mol. The smallest absolute Gasteiger partial charge is 0.411 e. The molecule has 1 aliphatic rings. The van der Waals surface area contributed by atoms with Crippen LogP contribution in [0.5, 0.6) is 0 Å². The second-order valence-corrected chi connectivity index (χ2v) is 4.53. The molecule has 6 heteroatoms. The number of anilines is 2.